The number of fused-ring (bicyclic) bond motifs is 9. The maximum atomic E-state index is 13.8. The van der Waals surface area contributed by atoms with Crippen molar-refractivity contribution in [2.45, 2.75) is 37.9 Å². The molecule has 11 heteroatoms. The second-order valence-electron chi connectivity index (χ2n) is 12.2. The number of nitrogens with one attached hydrogen (secondary N) is 1. The SMILES string of the molecule is COc1ccc2c(c1OC)C(=O)N1c3ccccc3C(=O)N(CCCC(=O)NCCN3CC4CC(C3)c3cccc(=O)n3C4)C21. The van der Waals surface area contributed by atoms with Gasteiger partial charge in [-0.3, -0.25) is 24.1 Å². The van der Waals surface area contributed by atoms with Gasteiger partial charge in [-0.2, -0.15) is 0 Å². The van der Waals surface area contributed by atoms with Gasteiger partial charge in [0.25, 0.3) is 17.4 Å². The summed E-state index contributed by atoms with van der Waals surface area (Å²) in [5.74, 6) is 1.05. The number of hydrogen-bond donors (Lipinski definition) is 1. The third-order valence-electron chi connectivity index (χ3n) is 9.59. The number of carbonyl (C=O) groups is 3. The van der Waals surface area contributed by atoms with Gasteiger partial charge in [-0.15, -0.1) is 0 Å². The van der Waals surface area contributed by atoms with Gasteiger partial charge in [0.05, 0.1) is 31.0 Å². The van der Waals surface area contributed by atoms with Crippen molar-refractivity contribution in [2.75, 3.05) is 51.8 Å². The van der Waals surface area contributed by atoms with Gasteiger partial charge < -0.3 is 29.2 Å². The second kappa shape index (κ2) is 11.7. The Balaban J connectivity index is 0.990. The summed E-state index contributed by atoms with van der Waals surface area (Å²) >= 11 is 0. The van der Waals surface area contributed by atoms with Crippen LogP contribution in [0.2, 0.25) is 0 Å². The first-order valence-electron chi connectivity index (χ1n) is 15.6. The number of anilines is 1. The zero-order chi connectivity index (χ0) is 31.2. The van der Waals surface area contributed by atoms with Crippen molar-refractivity contribution in [3.05, 3.63) is 87.3 Å². The zero-order valence-electron chi connectivity index (χ0n) is 25.5. The topological polar surface area (TPSA) is 113 Å². The number of nitrogens with zero attached hydrogens (tertiary/aromatic N) is 4. The Hall–Kier alpha value is -4.64. The summed E-state index contributed by atoms with van der Waals surface area (Å²) in [4.78, 5) is 58.5. The minimum absolute atomic E-state index is 0.0693. The van der Waals surface area contributed by atoms with Crippen LogP contribution in [0.5, 0.6) is 11.5 Å². The van der Waals surface area contributed by atoms with Crippen LogP contribution < -0.4 is 25.2 Å². The molecule has 2 aromatic carbocycles. The highest BCUT2D eigenvalue weighted by Crippen LogP contribution is 2.49. The zero-order valence-corrected chi connectivity index (χ0v) is 25.5. The molecular weight excluding hydrogens is 574 g/mol. The average Bonchev–Trinajstić information content (AvgIpc) is 3.34. The Labute approximate surface area is 261 Å². The first-order valence-corrected chi connectivity index (χ1v) is 15.6. The first kappa shape index (κ1) is 29.1. The van der Waals surface area contributed by atoms with Crippen molar-refractivity contribution in [2.24, 2.45) is 5.92 Å². The molecule has 1 N–H and O–H groups in total. The molecular formula is C34H37N5O6. The number of benzene rings is 2. The van der Waals surface area contributed by atoms with Gasteiger partial charge in [-0.1, -0.05) is 24.3 Å². The average molecular weight is 612 g/mol. The minimum Gasteiger partial charge on any atom is -0.493 e. The molecule has 45 heavy (non-hydrogen) atoms. The molecule has 4 aliphatic heterocycles. The summed E-state index contributed by atoms with van der Waals surface area (Å²) in [6.07, 6.45) is 1.16. The molecule has 234 valence electrons. The van der Waals surface area contributed by atoms with Crippen molar-refractivity contribution in [1.29, 1.82) is 0 Å². The number of hydrogen-bond acceptors (Lipinski definition) is 7. The van der Waals surface area contributed by atoms with Gasteiger partial charge in [0.15, 0.2) is 11.5 Å². The number of piperidine rings is 1. The van der Waals surface area contributed by atoms with Crippen LogP contribution in [0, 0.1) is 5.92 Å². The monoisotopic (exact) mass is 611 g/mol. The molecule has 7 rings (SSSR count). The third-order valence-corrected chi connectivity index (χ3v) is 9.59. The van der Waals surface area contributed by atoms with E-state index in [2.05, 4.69) is 16.3 Å². The molecule has 3 amide bonds. The Morgan fingerprint density at radius 3 is 2.58 bits per heavy atom. The number of rotatable bonds is 9. The number of carbonyl (C=O) groups excluding carboxylic acids is 3. The Kier molecular flexibility index (Phi) is 7.56. The van der Waals surface area contributed by atoms with E-state index in [1.54, 1.807) is 40.1 Å². The van der Waals surface area contributed by atoms with Gasteiger partial charge in [-0.05, 0) is 43.0 Å². The van der Waals surface area contributed by atoms with Crippen LogP contribution in [-0.2, 0) is 11.3 Å². The van der Waals surface area contributed by atoms with Gasteiger partial charge in [0, 0.05) is 68.9 Å². The smallest absolute Gasteiger partial charge is 0.264 e. The van der Waals surface area contributed by atoms with Crippen molar-refractivity contribution in [1.82, 2.24) is 19.7 Å². The lowest BCUT2D eigenvalue weighted by Gasteiger charge is -2.42. The van der Waals surface area contributed by atoms with Crippen LogP contribution >= 0.6 is 0 Å². The fraction of sp³-hybridized carbons (Fsp3) is 0.412. The van der Waals surface area contributed by atoms with Gasteiger partial charge in [-0.25, -0.2) is 0 Å². The predicted molar refractivity (Wildman–Crippen MR) is 167 cm³/mol. The molecule has 5 heterocycles. The summed E-state index contributed by atoms with van der Waals surface area (Å²) in [5.41, 5.74) is 3.25. The molecule has 3 atom stereocenters. The number of pyridine rings is 1. The number of amides is 3. The summed E-state index contributed by atoms with van der Waals surface area (Å²) < 4.78 is 13.0. The third kappa shape index (κ3) is 4.95. The number of likely N-dealkylation sites (tertiary alicyclic amines) is 1. The van der Waals surface area contributed by atoms with E-state index < -0.39 is 6.17 Å². The Morgan fingerprint density at radius 1 is 0.911 bits per heavy atom. The van der Waals surface area contributed by atoms with E-state index in [4.69, 9.17) is 9.47 Å². The lowest BCUT2D eigenvalue weighted by molar-refractivity contribution is -0.121. The standard InChI is InChI=1S/C34H37N5O6/c1-44-27-13-12-24-30(31(27)45-2)34(43)39-26-8-4-3-7-23(26)33(42)37(32(24)39)15-6-10-28(40)35-14-16-36-18-21-17-22(20-36)25-9-5-11-29(41)38(25)19-21/h3-5,7-9,11-13,21-22,32H,6,10,14-20H2,1-2H3,(H,35,40). The fourth-order valence-corrected chi connectivity index (χ4v) is 7.68. The van der Waals surface area contributed by atoms with Gasteiger partial charge in [0.2, 0.25) is 5.91 Å². The van der Waals surface area contributed by atoms with E-state index in [0.29, 0.717) is 65.2 Å². The maximum absolute atomic E-state index is 13.8. The van der Waals surface area contributed by atoms with Crippen molar-refractivity contribution >= 4 is 23.4 Å². The highest BCUT2D eigenvalue weighted by molar-refractivity contribution is 6.18. The van der Waals surface area contributed by atoms with Crippen molar-refractivity contribution < 1.29 is 23.9 Å². The minimum atomic E-state index is -0.641. The number of para-hydroxylation sites is 1. The molecule has 1 aromatic heterocycles. The second-order valence-corrected chi connectivity index (χ2v) is 12.2. The highest BCUT2D eigenvalue weighted by atomic mass is 16.5. The summed E-state index contributed by atoms with van der Waals surface area (Å²) in [5, 5.41) is 3.05. The number of aromatic nitrogens is 1. The molecule has 2 bridgehead atoms. The largest absolute Gasteiger partial charge is 0.493 e. The molecule has 0 spiro atoms. The van der Waals surface area contributed by atoms with Crippen LogP contribution in [0.1, 0.15) is 63.3 Å². The molecule has 1 fully saturated rings. The highest BCUT2D eigenvalue weighted by Gasteiger charge is 2.49. The van der Waals surface area contributed by atoms with Gasteiger partial charge in [0.1, 0.15) is 6.17 Å². The van der Waals surface area contributed by atoms with E-state index in [9.17, 15) is 19.2 Å². The van der Waals surface area contributed by atoms with E-state index in [1.807, 2.05) is 22.8 Å². The van der Waals surface area contributed by atoms with Crippen LogP contribution in [0.3, 0.4) is 0 Å². The molecule has 1 saturated heterocycles. The van der Waals surface area contributed by atoms with Crippen LogP contribution in [0.4, 0.5) is 5.69 Å². The summed E-state index contributed by atoms with van der Waals surface area (Å²) in [6, 6.07) is 16.2. The lowest BCUT2D eigenvalue weighted by atomic mass is 9.83. The molecule has 0 aliphatic carbocycles. The first-order chi connectivity index (χ1) is 21.9. The van der Waals surface area contributed by atoms with E-state index in [-0.39, 0.29) is 29.7 Å². The molecule has 11 nitrogen and oxygen atoms in total. The van der Waals surface area contributed by atoms with Crippen molar-refractivity contribution in [3.63, 3.8) is 0 Å². The van der Waals surface area contributed by atoms with E-state index in [1.165, 1.54) is 14.2 Å². The predicted octanol–water partition coefficient (Wildman–Crippen LogP) is 3.00. The fourth-order valence-electron chi connectivity index (χ4n) is 7.68. The maximum Gasteiger partial charge on any atom is 0.264 e. The van der Waals surface area contributed by atoms with E-state index >= 15 is 0 Å². The van der Waals surface area contributed by atoms with Gasteiger partial charge >= 0.3 is 0 Å². The molecule has 3 unspecified atom stereocenters. The van der Waals surface area contributed by atoms with Crippen LogP contribution in [0.25, 0.3) is 0 Å². The Bertz CT molecular complexity index is 1740. The quantitative estimate of drug-likeness (QED) is 0.396. The normalized spacial score (nSPS) is 21.5. The van der Waals surface area contributed by atoms with E-state index in [0.717, 1.165) is 38.3 Å². The van der Waals surface area contributed by atoms with Crippen LogP contribution in [-0.4, -0.2) is 79.0 Å². The summed E-state index contributed by atoms with van der Waals surface area (Å²) in [7, 11) is 3.02. The Morgan fingerprint density at radius 2 is 1.76 bits per heavy atom. The summed E-state index contributed by atoms with van der Waals surface area (Å²) in [6.45, 7) is 4.14. The molecule has 4 aliphatic rings. The van der Waals surface area contributed by atoms with Crippen LogP contribution in [0.15, 0.2) is 59.4 Å². The molecule has 3 aromatic rings. The lowest BCUT2D eigenvalue weighted by Crippen LogP contribution is -2.49. The molecule has 0 saturated carbocycles. The van der Waals surface area contributed by atoms with Crippen molar-refractivity contribution in [3.8, 4) is 11.5 Å². The number of methoxy groups -OCH3 is 2. The molecule has 0 radical (unpaired) electrons. The number of ether oxygens (including phenoxy) is 2.